The lowest BCUT2D eigenvalue weighted by atomic mass is 10.2. The first-order chi connectivity index (χ1) is 11.2. The highest BCUT2D eigenvalue weighted by atomic mass is 127. The summed E-state index contributed by atoms with van der Waals surface area (Å²) in [5.74, 6) is 2.34. The van der Waals surface area contributed by atoms with Crippen molar-refractivity contribution in [2.45, 2.75) is 25.8 Å². The Hall–Kier alpha value is -0.770. The molecule has 0 atom stereocenters. The maximum Gasteiger partial charge on any atom is 0.272 e. The van der Waals surface area contributed by atoms with Gasteiger partial charge < -0.3 is 15.4 Å². The number of hydrogen-bond donors (Lipinski definition) is 2. The molecule has 138 valence electrons. The van der Waals surface area contributed by atoms with E-state index in [0.717, 1.165) is 24.5 Å². The van der Waals surface area contributed by atoms with E-state index in [1.165, 1.54) is 12.2 Å². The third-order valence-electron chi connectivity index (χ3n) is 3.03. The summed E-state index contributed by atoms with van der Waals surface area (Å²) >= 11 is 1.85. The number of nitrogens with one attached hydrogen (secondary N) is 2. The van der Waals surface area contributed by atoms with Gasteiger partial charge in [0, 0.05) is 20.1 Å². The summed E-state index contributed by atoms with van der Waals surface area (Å²) in [6, 6.07) is 7.12. The van der Waals surface area contributed by atoms with Crippen molar-refractivity contribution in [2.75, 3.05) is 32.2 Å². The second kappa shape index (κ2) is 14.6. The number of alkyl halides is 2. The molecule has 8 heteroatoms. The largest absolute Gasteiger partial charge is 0.488 e. The number of rotatable bonds is 10. The summed E-state index contributed by atoms with van der Waals surface area (Å²) in [6.07, 6.45) is 1.91. The Labute approximate surface area is 164 Å². The number of aliphatic imine (C=N–C) groups is 1. The fraction of sp³-hybridized carbons (Fsp3) is 0.562. The Morgan fingerprint density at radius 1 is 1.29 bits per heavy atom. The highest BCUT2D eigenvalue weighted by molar-refractivity contribution is 14.0. The van der Waals surface area contributed by atoms with Crippen molar-refractivity contribution < 1.29 is 13.5 Å². The third-order valence-corrected chi connectivity index (χ3v) is 3.72. The number of unbranched alkanes of at least 4 members (excludes halogenated alkanes) is 1. The first kappa shape index (κ1) is 23.2. The minimum atomic E-state index is -2.47. The molecule has 0 bridgehead atoms. The van der Waals surface area contributed by atoms with E-state index >= 15 is 0 Å². The van der Waals surface area contributed by atoms with Crippen LogP contribution in [0.5, 0.6) is 5.75 Å². The van der Waals surface area contributed by atoms with Crippen molar-refractivity contribution in [3.05, 3.63) is 29.8 Å². The van der Waals surface area contributed by atoms with E-state index < -0.39 is 13.0 Å². The summed E-state index contributed by atoms with van der Waals surface area (Å²) < 4.78 is 29.3. The van der Waals surface area contributed by atoms with Crippen molar-refractivity contribution in [1.29, 1.82) is 0 Å². The fourth-order valence-electron chi connectivity index (χ4n) is 1.89. The van der Waals surface area contributed by atoms with Gasteiger partial charge in [0.25, 0.3) is 6.43 Å². The molecule has 24 heavy (non-hydrogen) atoms. The molecule has 4 nitrogen and oxygen atoms in total. The zero-order valence-electron chi connectivity index (χ0n) is 14.1. The van der Waals surface area contributed by atoms with Crippen LogP contribution in [-0.4, -0.2) is 44.6 Å². The fourth-order valence-corrected chi connectivity index (χ4v) is 2.38. The maximum atomic E-state index is 12.2. The van der Waals surface area contributed by atoms with Crippen LogP contribution < -0.4 is 15.4 Å². The van der Waals surface area contributed by atoms with E-state index in [1.807, 2.05) is 17.8 Å². The van der Waals surface area contributed by atoms with E-state index in [1.54, 1.807) is 25.2 Å². The molecule has 0 heterocycles. The molecule has 0 aliphatic rings. The summed E-state index contributed by atoms with van der Waals surface area (Å²) in [7, 11) is 1.72. The first-order valence-corrected chi connectivity index (χ1v) is 8.98. The Morgan fingerprint density at radius 2 is 2.08 bits per heavy atom. The number of halogens is 3. The highest BCUT2D eigenvalue weighted by Gasteiger charge is 2.04. The Bertz CT molecular complexity index is 478. The van der Waals surface area contributed by atoms with Gasteiger partial charge in [0.05, 0.1) is 0 Å². The number of guanidine groups is 1. The minimum Gasteiger partial charge on any atom is -0.488 e. The van der Waals surface area contributed by atoms with Crippen molar-refractivity contribution in [1.82, 2.24) is 10.6 Å². The normalized spacial score (nSPS) is 11.1. The molecule has 0 radical (unpaired) electrons. The number of thioether (sulfide) groups is 1. The summed E-state index contributed by atoms with van der Waals surface area (Å²) in [6.45, 7) is 0.838. The van der Waals surface area contributed by atoms with Gasteiger partial charge in [0.1, 0.15) is 12.4 Å². The van der Waals surface area contributed by atoms with Crippen LogP contribution in [0, 0.1) is 0 Å². The Balaban J connectivity index is 0.00000529. The molecule has 0 amide bonds. The van der Waals surface area contributed by atoms with Gasteiger partial charge in [0.2, 0.25) is 0 Å². The van der Waals surface area contributed by atoms with E-state index in [2.05, 4.69) is 21.9 Å². The molecule has 0 unspecified atom stereocenters. The van der Waals surface area contributed by atoms with Crippen LogP contribution >= 0.6 is 35.7 Å². The van der Waals surface area contributed by atoms with Gasteiger partial charge in [-0.2, -0.15) is 11.8 Å². The van der Waals surface area contributed by atoms with Crippen LogP contribution in [0.4, 0.5) is 8.78 Å². The molecule has 2 N–H and O–H groups in total. The van der Waals surface area contributed by atoms with Gasteiger partial charge in [-0.15, -0.1) is 24.0 Å². The van der Waals surface area contributed by atoms with E-state index in [4.69, 9.17) is 4.74 Å². The second-order valence-electron chi connectivity index (χ2n) is 4.90. The highest BCUT2D eigenvalue weighted by Crippen LogP contribution is 2.14. The predicted molar refractivity (Wildman–Crippen MR) is 109 cm³/mol. The number of benzene rings is 1. The van der Waals surface area contributed by atoms with Crippen molar-refractivity contribution in [3.8, 4) is 5.75 Å². The summed E-state index contributed by atoms with van der Waals surface area (Å²) in [5.41, 5.74) is 0.946. The van der Waals surface area contributed by atoms with E-state index in [9.17, 15) is 8.78 Å². The topological polar surface area (TPSA) is 45.7 Å². The lowest BCUT2D eigenvalue weighted by Crippen LogP contribution is -2.37. The molecule has 0 saturated carbocycles. The van der Waals surface area contributed by atoms with Crippen molar-refractivity contribution in [3.63, 3.8) is 0 Å². The van der Waals surface area contributed by atoms with Crippen LogP contribution in [0.25, 0.3) is 0 Å². The third kappa shape index (κ3) is 10.9. The molecule has 1 aromatic rings. The van der Waals surface area contributed by atoms with Gasteiger partial charge in [0.15, 0.2) is 5.96 Å². The molecule has 1 aromatic carbocycles. The average Bonchev–Trinajstić information content (AvgIpc) is 2.56. The monoisotopic (exact) mass is 473 g/mol. The lowest BCUT2D eigenvalue weighted by molar-refractivity contribution is 0.0818. The summed E-state index contributed by atoms with van der Waals surface area (Å²) in [5, 5.41) is 6.45. The lowest BCUT2D eigenvalue weighted by Gasteiger charge is -2.12. The molecule has 0 spiro atoms. The number of ether oxygens (including phenoxy) is 1. The van der Waals surface area contributed by atoms with Crippen LogP contribution in [0.3, 0.4) is 0 Å². The van der Waals surface area contributed by atoms with Crippen LogP contribution in [0.1, 0.15) is 18.4 Å². The zero-order valence-corrected chi connectivity index (χ0v) is 17.2. The second-order valence-corrected chi connectivity index (χ2v) is 5.89. The molecule has 0 fully saturated rings. The quantitative estimate of drug-likeness (QED) is 0.235. The molecule has 0 aromatic heterocycles. The minimum absolute atomic E-state index is 0. The average molecular weight is 473 g/mol. The van der Waals surface area contributed by atoms with Gasteiger partial charge >= 0.3 is 0 Å². The van der Waals surface area contributed by atoms with Gasteiger partial charge in [-0.1, -0.05) is 12.1 Å². The summed E-state index contributed by atoms with van der Waals surface area (Å²) in [4.78, 5) is 4.16. The van der Waals surface area contributed by atoms with Gasteiger partial charge in [-0.05, 0) is 42.5 Å². The van der Waals surface area contributed by atoms with Gasteiger partial charge in [-0.25, -0.2) is 8.78 Å². The Morgan fingerprint density at radius 3 is 2.75 bits per heavy atom. The number of hydrogen-bond acceptors (Lipinski definition) is 3. The van der Waals surface area contributed by atoms with Crippen LogP contribution in [0.2, 0.25) is 0 Å². The Kier molecular flexibility index (Phi) is 14.1. The zero-order chi connectivity index (χ0) is 16.9. The molecular weight excluding hydrogens is 447 g/mol. The van der Waals surface area contributed by atoms with E-state index in [-0.39, 0.29) is 24.0 Å². The van der Waals surface area contributed by atoms with Crippen LogP contribution in [0.15, 0.2) is 29.3 Å². The molecule has 1 rings (SSSR count). The van der Waals surface area contributed by atoms with Gasteiger partial charge in [-0.3, -0.25) is 4.99 Å². The predicted octanol–water partition coefficient (Wildman–Crippen LogP) is 3.76. The number of nitrogens with zero attached hydrogens (tertiary/aromatic N) is 1. The molecule has 0 saturated heterocycles. The van der Waals surface area contributed by atoms with Crippen LogP contribution in [-0.2, 0) is 6.54 Å². The smallest absolute Gasteiger partial charge is 0.272 e. The molecule has 0 aliphatic carbocycles. The van der Waals surface area contributed by atoms with Crippen molar-refractivity contribution >= 4 is 41.7 Å². The molecular formula is C16H26F2IN3OS. The van der Waals surface area contributed by atoms with E-state index in [0.29, 0.717) is 12.3 Å². The van der Waals surface area contributed by atoms with Crippen molar-refractivity contribution in [2.24, 2.45) is 4.99 Å². The maximum absolute atomic E-state index is 12.2. The molecule has 0 aliphatic heterocycles. The first-order valence-electron chi connectivity index (χ1n) is 7.59. The SMILES string of the molecule is CN=C(NCCCCSC)NCc1cccc(OCC(F)F)c1.I. The standard InChI is InChI=1S/C16H25F2N3OS.HI/c1-19-16(20-8-3-4-9-23-2)21-11-13-6-5-7-14(10-13)22-12-15(17)18;/h5-7,10,15H,3-4,8-9,11-12H2,1-2H3,(H2,19,20,21);1H.